The van der Waals surface area contributed by atoms with Gasteiger partial charge in [-0.1, -0.05) is 31.0 Å². The smallest absolute Gasteiger partial charge is 0.0403 e. The Labute approximate surface area is 69.3 Å². The molecule has 0 aliphatic heterocycles. The Morgan fingerprint density at radius 1 is 1.70 bits per heavy atom. The average Bonchev–Trinajstić information content (AvgIpc) is 2.38. The van der Waals surface area contributed by atoms with Crippen molar-refractivity contribution in [2.45, 2.75) is 0 Å². The maximum absolute atomic E-state index is 3.89. The van der Waals surface area contributed by atoms with E-state index in [0.29, 0.717) is 0 Å². The van der Waals surface area contributed by atoms with Crippen molar-refractivity contribution in [1.82, 2.24) is 0 Å². The van der Waals surface area contributed by atoms with Gasteiger partial charge in [0.05, 0.1) is 0 Å². The van der Waals surface area contributed by atoms with Gasteiger partial charge in [-0.25, -0.2) is 0 Å². The topological polar surface area (TPSA) is 0 Å². The zero-order valence-corrected chi connectivity index (χ0v) is 7.17. The molecule has 0 fully saturated rings. The number of hydrogen-bond acceptors (Lipinski definition) is 2. The summed E-state index contributed by atoms with van der Waals surface area (Å²) >= 11 is 3.27. The minimum atomic E-state index is 1.07. The van der Waals surface area contributed by atoms with Gasteiger partial charge in [0.2, 0.25) is 0 Å². The largest absolute Gasteiger partial charge is 0.143 e. The molecular formula is C8H8S2. The van der Waals surface area contributed by atoms with Crippen LogP contribution in [0.2, 0.25) is 0 Å². The third-order valence-electron chi connectivity index (χ3n) is 1.02. The fourth-order valence-corrected chi connectivity index (χ4v) is 1.86. The number of thiophene rings is 1. The number of thioether (sulfide) groups is 1. The van der Waals surface area contributed by atoms with Crippen LogP contribution in [0.3, 0.4) is 0 Å². The molecule has 0 saturated carbocycles. The quantitative estimate of drug-likeness (QED) is 0.664. The molecule has 1 aromatic rings. The minimum Gasteiger partial charge on any atom is -0.143 e. The molecule has 1 rings (SSSR count). The van der Waals surface area contributed by atoms with Crippen LogP contribution < -0.4 is 0 Å². The first kappa shape index (κ1) is 7.63. The van der Waals surface area contributed by atoms with Crippen LogP contribution in [-0.4, -0.2) is 0 Å². The van der Waals surface area contributed by atoms with Crippen LogP contribution in [0.5, 0.6) is 0 Å². The highest BCUT2D eigenvalue weighted by Crippen LogP contribution is 2.28. The molecule has 0 nitrogen and oxygen atoms in total. The second-order valence-corrected chi connectivity index (χ2v) is 3.69. The molecule has 52 valence electrons. The number of rotatable bonds is 3. The summed E-state index contributed by atoms with van der Waals surface area (Å²) in [4.78, 5) is 2.30. The van der Waals surface area contributed by atoms with Crippen molar-refractivity contribution < 1.29 is 0 Å². The van der Waals surface area contributed by atoms with E-state index >= 15 is 0 Å². The standard InChI is InChI=1S/C8H8S2/c1-3-9-7(2)8-5-4-6-10-8/h3-6H,1-2H2. The van der Waals surface area contributed by atoms with Crippen LogP contribution in [0, 0.1) is 0 Å². The van der Waals surface area contributed by atoms with Crippen molar-refractivity contribution in [3.05, 3.63) is 41.0 Å². The van der Waals surface area contributed by atoms with Gasteiger partial charge in [-0.05, 0) is 16.9 Å². The highest BCUT2D eigenvalue weighted by atomic mass is 32.2. The first-order valence-corrected chi connectivity index (χ1v) is 4.61. The molecule has 0 spiro atoms. The maximum Gasteiger partial charge on any atom is 0.0403 e. The summed E-state index contributed by atoms with van der Waals surface area (Å²) < 4.78 is 0. The molecule has 0 N–H and O–H groups in total. The fourth-order valence-electron chi connectivity index (χ4n) is 0.596. The van der Waals surface area contributed by atoms with E-state index in [1.165, 1.54) is 4.88 Å². The molecule has 0 radical (unpaired) electrons. The monoisotopic (exact) mass is 168 g/mol. The molecule has 0 aliphatic rings. The van der Waals surface area contributed by atoms with Crippen LogP contribution in [0.4, 0.5) is 0 Å². The van der Waals surface area contributed by atoms with Crippen molar-refractivity contribution in [1.29, 1.82) is 0 Å². The molecule has 1 aromatic heterocycles. The van der Waals surface area contributed by atoms with Crippen LogP contribution in [0.1, 0.15) is 4.88 Å². The lowest BCUT2D eigenvalue weighted by molar-refractivity contribution is 1.95. The number of hydrogen-bond donors (Lipinski definition) is 0. The van der Waals surface area contributed by atoms with E-state index < -0.39 is 0 Å². The third kappa shape index (κ3) is 1.75. The molecule has 0 amide bonds. The van der Waals surface area contributed by atoms with Crippen molar-refractivity contribution in [2.75, 3.05) is 0 Å². The Morgan fingerprint density at radius 2 is 2.50 bits per heavy atom. The van der Waals surface area contributed by atoms with E-state index in [0.717, 1.165) is 4.91 Å². The van der Waals surface area contributed by atoms with Gasteiger partial charge in [0.15, 0.2) is 0 Å². The first-order valence-electron chi connectivity index (χ1n) is 2.85. The fraction of sp³-hybridized carbons (Fsp3) is 0. The van der Waals surface area contributed by atoms with Gasteiger partial charge in [-0.15, -0.1) is 11.3 Å². The molecule has 0 saturated heterocycles. The molecular weight excluding hydrogens is 160 g/mol. The van der Waals surface area contributed by atoms with Gasteiger partial charge in [-0.2, -0.15) is 0 Å². The van der Waals surface area contributed by atoms with E-state index in [9.17, 15) is 0 Å². The molecule has 10 heavy (non-hydrogen) atoms. The van der Waals surface area contributed by atoms with Crippen molar-refractivity contribution in [3.8, 4) is 0 Å². The zero-order valence-electron chi connectivity index (χ0n) is 5.54. The Morgan fingerprint density at radius 3 is 3.00 bits per heavy atom. The van der Waals surface area contributed by atoms with E-state index in [2.05, 4.69) is 19.2 Å². The van der Waals surface area contributed by atoms with Crippen LogP contribution >= 0.6 is 23.1 Å². The van der Waals surface area contributed by atoms with Gasteiger partial charge in [0.25, 0.3) is 0 Å². The van der Waals surface area contributed by atoms with E-state index in [1.807, 2.05) is 11.4 Å². The van der Waals surface area contributed by atoms with Crippen molar-refractivity contribution in [3.63, 3.8) is 0 Å². The summed E-state index contributed by atoms with van der Waals surface area (Å²) in [5.41, 5.74) is 0. The van der Waals surface area contributed by atoms with Crippen LogP contribution in [-0.2, 0) is 0 Å². The van der Waals surface area contributed by atoms with Crippen LogP contribution in [0.15, 0.2) is 36.1 Å². The summed E-state index contributed by atoms with van der Waals surface area (Å²) in [5, 5.41) is 3.84. The normalized spacial score (nSPS) is 9.20. The lowest BCUT2D eigenvalue weighted by atomic mass is 10.5. The van der Waals surface area contributed by atoms with E-state index in [-0.39, 0.29) is 0 Å². The predicted octanol–water partition coefficient (Wildman–Crippen LogP) is 3.60. The summed E-state index contributed by atoms with van der Waals surface area (Å²) in [6.07, 6.45) is 0. The van der Waals surface area contributed by atoms with Gasteiger partial charge in [0, 0.05) is 9.78 Å². The summed E-state index contributed by atoms with van der Waals surface area (Å²) in [6.45, 7) is 7.51. The Kier molecular flexibility index (Phi) is 2.78. The summed E-state index contributed by atoms with van der Waals surface area (Å²) in [6, 6.07) is 4.08. The molecule has 0 unspecified atom stereocenters. The first-order chi connectivity index (χ1) is 4.84. The minimum absolute atomic E-state index is 1.07. The average molecular weight is 168 g/mol. The zero-order chi connectivity index (χ0) is 7.40. The van der Waals surface area contributed by atoms with Crippen molar-refractivity contribution in [2.24, 2.45) is 0 Å². The molecule has 0 aromatic carbocycles. The van der Waals surface area contributed by atoms with Crippen molar-refractivity contribution >= 4 is 28.0 Å². The highest BCUT2D eigenvalue weighted by Gasteiger charge is 1.95. The molecule has 2 heteroatoms. The lowest BCUT2D eigenvalue weighted by Crippen LogP contribution is -1.63. The van der Waals surface area contributed by atoms with Gasteiger partial charge < -0.3 is 0 Å². The van der Waals surface area contributed by atoms with E-state index in [1.54, 1.807) is 28.5 Å². The Bertz CT molecular complexity index is 221. The predicted molar refractivity (Wildman–Crippen MR) is 51.1 cm³/mol. The summed E-state index contributed by atoms with van der Waals surface area (Å²) in [5.74, 6) is 0. The highest BCUT2D eigenvalue weighted by molar-refractivity contribution is 8.11. The van der Waals surface area contributed by atoms with Gasteiger partial charge in [0.1, 0.15) is 0 Å². The molecule has 0 atom stereocenters. The SMILES string of the molecule is C=CSC(=C)c1cccs1. The maximum atomic E-state index is 3.89. The third-order valence-corrected chi connectivity index (χ3v) is 2.75. The Balaban J connectivity index is 2.68. The van der Waals surface area contributed by atoms with E-state index in [4.69, 9.17) is 0 Å². The van der Waals surface area contributed by atoms with Crippen LogP contribution in [0.25, 0.3) is 4.91 Å². The molecule has 1 heterocycles. The summed E-state index contributed by atoms with van der Waals surface area (Å²) in [7, 11) is 0. The molecule has 0 bridgehead atoms. The van der Waals surface area contributed by atoms with Gasteiger partial charge >= 0.3 is 0 Å². The lowest BCUT2D eigenvalue weighted by Gasteiger charge is -1.94. The molecule has 0 aliphatic carbocycles. The Hall–Kier alpha value is -0.470. The second-order valence-electron chi connectivity index (χ2n) is 1.68. The second kappa shape index (κ2) is 3.64. The van der Waals surface area contributed by atoms with Gasteiger partial charge in [-0.3, -0.25) is 0 Å².